The molecule has 2 N–H and O–H groups in total. The molecule has 0 radical (unpaired) electrons. The molecule has 1 aromatic carbocycles. The van der Waals surface area contributed by atoms with Crippen molar-refractivity contribution in [3.8, 4) is 0 Å². The van der Waals surface area contributed by atoms with Gasteiger partial charge >= 0.3 is 0 Å². The Kier molecular flexibility index (Phi) is 5.25. The van der Waals surface area contributed by atoms with Crippen LogP contribution in [-0.4, -0.2) is 38.6 Å². The molecule has 7 nitrogen and oxygen atoms in total. The predicted molar refractivity (Wildman–Crippen MR) is 90.6 cm³/mol. The second-order valence-electron chi connectivity index (χ2n) is 6.19. The molecular weight excluding hydrogens is 322 g/mol. The number of ether oxygens (including phenoxy) is 1. The first kappa shape index (κ1) is 17.3. The number of amides is 1. The Bertz CT molecular complexity index is 804. The molecule has 0 fully saturated rings. The molecule has 2 aromatic rings. The van der Waals surface area contributed by atoms with Gasteiger partial charge in [-0.25, -0.2) is 4.98 Å². The number of aromatic nitrogens is 2. The zero-order valence-corrected chi connectivity index (χ0v) is 14.1. The molecule has 132 valence electrons. The first-order valence-electron chi connectivity index (χ1n) is 8.19. The number of aliphatic hydroxyl groups excluding tert-OH is 1. The molecule has 0 saturated carbocycles. The number of fused-ring (bicyclic) bond motifs is 1. The molecule has 1 amide bonds. The van der Waals surface area contributed by atoms with Crippen molar-refractivity contribution in [3.63, 3.8) is 0 Å². The van der Waals surface area contributed by atoms with Crippen molar-refractivity contribution in [2.24, 2.45) is 0 Å². The minimum Gasteiger partial charge on any atom is -0.390 e. The number of hydrogen-bond acceptors (Lipinski definition) is 5. The first-order chi connectivity index (χ1) is 12.0. The molecule has 1 atom stereocenters. The van der Waals surface area contributed by atoms with Gasteiger partial charge in [-0.05, 0) is 12.5 Å². The lowest BCUT2D eigenvalue weighted by atomic mass is 10.2. The zero-order valence-electron chi connectivity index (χ0n) is 14.1. The van der Waals surface area contributed by atoms with Crippen LogP contribution in [0.5, 0.6) is 0 Å². The van der Waals surface area contributed by atoms with Gasteiger partial charge in [-0.1, -0.05) is 30.3 Å². The monoisotopic (exact) mass is 343 g/mol. The number of nitrogens with one attached hydrogen (secondary N) is 1. The number of nitrogens with zero attached hydrogens (tertiary/aromatic N) is 2. The summed E-state index contributed by atoms with van der Waals surface area (Å²) in [5, 5.41) is 10.0. The number of aryl methyl sites for hydroxylation is 1. The Hall–Kier alpha value is -2.51. The van der Waals surface area contributed by atoms with Crippen LogP contribution in [0.25, 0.3) is 0 Å². The summed E-state index contributed by atoms with van der Waals surface area (Å²) in [5.41, 5.74) is 1.96. The van der Waals surface area contributed by atoms with Crippen LogP contribution in [-0.2, 0) is 29.2 Å². The summed E-state index contributed by atoms with van der Waals surface area (Å²) < 4.78 is 5.45. The highest BCUT2D eigenvalue weighted by Gasteiger charge is 2.28. The van der Waals surface area contributed by atoms with Gasteiger partial charge in [0.2, 0.25) is 5.91 Å². The largest absolute Gasteiger partial charge is 0.390 e. The molecule has 0 aliphatic carbocycles. The summed E-state index contributed by atoms with van der Waals surface area (Å²) in [6, 6.07) is 9.63. The zero-order chi connectivity index (χ0) is 17.8. The standard InChI is InChI=1S/C18H21N3O4/c1-12-19-16-9-21(8-15(16)18(24)20-12)17(23)7-14(22)11-25-10-13-5-3-2-4-6-13/h2-6,14,22H,7-11H2,1H3,(H,19,20,24). The van der Waals surface area contributed by atoms with Gasteiger partial charge in [0.05, 0.1) is 50.1 Å². The number of rotatable bonds is 6. The van der Waals surface area contributed by atoms with Gasteiger partial charge in [0.25, 0.3) is 5.56 Å². The van der Waals surface area contributed by atoms with Crippen LogP contribution in [0.15, 0.2) is 35.1 Å². The van der Waals surface area contributed by atoms with E-state index in [2.05, 4.69) is 9.97 Å². The topological polar surface area (TPSA) is 95.5 Å². The highest BCUT2D eigenvalue weighted by atomic mass is 16.5. The number of carbonyl (C=O) groups is 1. The van der Waals surface area contributed by atoms with E-state index in [0.29, 0.717) is 30.2 Å². The van der Waals surface area contributed by atoms with Crippen LogP contribution >= 0.6 is 0 Å². The predicted octanol–water partition coefficient (Wildman–Crippen LogP) is 0.888. The number of carbonyl (C=O) groups excluding carboxylic acids is 1. The SMILES string of the molecule is Cc1nc2c(c(=O)[nH]1)CN(C(=O)CC(O)COCc1ccccc1)C2. The smallest absolute Gasteiger partial charge is 0.256 e. The lowest BCUT2D eigenvalue weighted by molar-refractivity contribution is -0.134. The Labute approximate surface area is 145 Å². The van der Waals surface area contributed by atoms with E-state index in [9.17, 15) is 14.7 Å². The molecule has 25 heavy (non-hydrogen) atoms. The quantitative estimate of drug-likeness (QED) is 0.812. The molecule has 0 saturated heterocycles. The number of benzene rings is 1. The van der Waals surface area contributed by atoms with E-state index < -0.39 is 6.10 Å². The number of hydrogen-bond donors (Lipinski definition) is 2. The molecule has 1 aliphatic rings. The van der Waals surface area contributed by atoms with E-state index in [1.165, 1.54) is 4.90 Å². The summed E-state index contributed by atoms with van der Waals surface area (Å²) in [6.45, 7) is 2.71. The normalized spacial score (nSPS) is 14.4. The van der Waals surface area contributed by atoms with Gasteiger partial charge in [0.15, 0.2) is 0 Å². The van der Waals surface area contributed by atoms with Crippen molar-refractivity contribution in [2.45, 2.75) is 39.1 Å². The van der Waals surface area contributed by atoms with Crippen LogP contribution in [0.2, 0.25) is 0 Å². The molecule has 3 rings (SSSR count). The minimum atomic E-state index is -0.882. The molecule has 7 heteroatoms. The average molecular weight is 343 g/mol. The third-order valence-corrected chi connectivity index (χ3v) is 4.09. The Balaban J connectivity index is 1.48. The molecule has 0 spiro atoms. The molecular formula is C18H21N3O4. The molecule has 1 aliphatic heterocycles. The molecule has 2 heterocycles. The van der Waals surface area contributed by atoms with Gasteiger partial charge < -0.3 is 19.7 Å². The minimum absolute atomic E-state index is 0.0420. The van der Waals surface area contributed by atoms with Crippen LogP contribution in [0, 0.1) is 6.92 Å². The van der Waals surface area contributed by atoms with Crippen molar-refractivity contribution in [1.29, 1.82) is 0 Å². The van der Waals surface area contributed by atoms with E-state index in [4.69, 9.17) is 4.74 Å². The summed E-state index contributed by atoms with van der Waals surface area (Å²) in [6.07, 6.45) is -0.924. The van der Waals surface area contributed by atoms with E-state index in [0.717, 1.165) is 5.56 Å². The number of H-pyrrole nitrogens is 1. The Morgan fingerprint density at radius 1 is 1.36 bits per heavy atom. The van der Waals surface area contributed by atoms with Crippen LogP contribution in [0.4, 0.5) is 0 Å². The van der Waals surface area contributed by atoms with Gasteiger partial charge in [-0.2, -0.15) is 0 Å². The average Bonchev–Trinajstić information content (AvgIpc) is 3.00. The van der Waals surface area contributed by atoms with E-state index >= 15 is 0 Å². The fourth-order valence-corrected chi connectivity index (χ4v) is 2.84. The Morgan fingerprint density at radius 3 is 2.88 bits per heavy atom. The number of aliphatic hydroxyl groups is 1. The van der Waals surface area contributed by atoms with Gasteiger partial charge in [-0.3, -0.25) is 9.59 Å². The summed E-state index contributed by atoms with van der Waals surface area (Å²) in [4.78, 5) is 32.7. The highest BCUT2D eigenvalue weighted by Crippen LogP contribution is 2.18. The highest BCUT2D eigenvalue weighted by molar-refractivity contribution is 5.77. The molecule has 0 bridgehead atoms. The Morgan fingerprint density at radius 2 is 2.12 bits per heavy atom. The fourth-order valence-electron chi connectivity index (χ4n) is 2.84. The van der Waals surface area contributed by atoms with E-state index in [1.54, 1.807) is 6.92 Å². The van der Waals surface area contributed by atoms with Crippen LogP contribution in [0.1, 0.15) is 29.1 Å². The van der Waals surface area contributed by atoms with E-state index in [-0.39, 0.29) is 31.0 Å². The second kappa shape index (κ2) is 7.58. The molecule has 1 unspecified atom stereocenters. The fraction of sp³-hybridized carbons (Fsp3) is 0.389. The van der Waals surface area contributed by atoms with Gasteiger partial charge in [0, 0.05) is 0 Å². The third kappa shape index (κ3) is 4.32. The van der Waals surface area contributed by atoms with Crippen molar-refractivity contribution in [1.82, 2.24) is 14.9 Å². The van der Waals surface area contributed by atoms with Crippen molar-refractivity contribution < 1.29 is 14.6 Å². The number of aromatic amines is 1. The maximum Gasteiger partial charge on any atom is 0.256 e. The van der Waals surface area contributed by atoms with E-state index in [1.807, 2.05) is 30.3 Å². The second-order valence-corrected chi connectivity index (χ2v) is 6.19. The summed E-state index contributed by atoms with van der Waals surface area (Å²) >= 11 is 0. The lowest BCUT2D eigenvalue weighted by Gasteiger charge is -2.17. The molecule has 1 aromatic heterocycles. The van der Waals surface area contributed by atoms with Gasteiger partial charge in [0.1, 0.15) is 5.82 Å². The maximum absolute atomic E-state index is 12.3. The first-order valence-corrected chi connectivity index (χ1v) is 8.19. The summed E-state index contributed by atoms with van der Waals surface area (Å²) in [7, 11) is 0. The van der Waals surface area contributed by atoms with Crippen molar-refractivity contribution in [2.75, 3.05) is 6.61 Å². The van der Waals surface area contributed by atoms with Crippen LogP contribution in [0.3, 0.4) is 0 Å². The van der Waals surface area contributed by atoms with Crippen molar-refractivity contribution >= 4 is 5.91 Å². The van der Waals surface area contributed by atoms with Crippen LogP contribution < -0.4 is 5.56 Å². The summed E-state index contributed by atoms with van der Waals surface area (Å²) in [5.74, 6) is 0.318. The maximum atomic E-state index is 12.3. The van der Waals surface area contributed by atoms with Gasteiger partial charge in [-0.15, -0.1) is 0 Å². The third-order valence-electron chi connectivity index (χ3n) is 4.09. The van der Waals surface area contributed by atoms with Crippen molar-refractivity contribution in [3.05, 3.63) is 63.3 Å². The lowest BCUT2D eigenvalue weighted by Crippen LogP contribution is -2.31.